The van der Waals surface area contributed by atoms with E-state index in [-0.39, 0.29) is 11.9 Å². The number of hydrogen-bond donors (Lipinski definition) is 2. The van der Waals surface area contributed by atoms with Crippen LogP contribution in [0, 0.1) is 0 Å². The largest absolute Gasteiger partial charge is 0.460 e. The molecule has 1 rings (SSSR count). The zero-order valence-corrected chi connectivity index (χ0v) is 9.69. The van der Waals surface area contributed by atoms with E-state index < -0.39 is 5.97 Å². The van der Waals surface area contributed by atoms with Gasteiger partial charge < -0.3 is 10.5 Å². The molecule has 0 amide bonds. The molecule has 1 atom stereocenters. The van der Waals surface area contributed by atoms with Crippen LogP contribution in [0.5, 0.6) is 0 Å². The Morgan fingerprint density at radius 2 is 2.38 bits per heavy atom. The molecule has 0 aliphatic heterocycles. The van der Waals surface area contributed by atoms with E-state index in [9.17, 15) is 4.79 Å². The number of ether oxygens (including phenoxy) is 1. The molecule has 6 heteroatoms. The first-order chi connectivity index (χ1) is 7.63. The third-order valence-electron chi connectivity index (χ3n) is 2.06. The standard InChI is InChI=1S/C10H18N4O2/c1-3-16-10(15)9-12-8(13-14-9)6-4-5-7(2)11/h7H,3-6,11H2,1-2H3,(H,12,13,14). The van der Waals surface area contributed by atoms with E-state index in [1.165, 1.54) is 0 Å². The smallest absolute Gasteiger partial charge is 0.378 e. The number of rotatable bonds is 6. The fraction of sp³-hybridized carbons (Fsp3) is 0.700. The highest BCUT2D eigenvalue weighted by atomic mass is 16.5. The second-order valence-corrected chi connectivity index (χ2v) is 3.70. The van der Waals surface area contributed by atoms with Crippen LogP contribution in [0.4, 0.5) is 0 Å². The van der Waals surface area contributed by atoms with Crippen molar-refractivity contribution in [1.82, 2.24) is 15.2 Å². The van der Waals surface area contributed by atoms with Crippen molar-refractivity contribution in [3.8, 4) is 0 Å². The minimum absolute atomic E-state index is 0.0950. The molecule has 0 spiro atoms. The van der Waals surface area contributed by atoms with Gasteiger partial charge in [-0.05, 0) is 26.7 Å². The van der Waals surface area contributed by atoms with Crippen molar-refractivity contribution in [1.29, 1.82) is 0 Å². The topological polar surface area (TPSA) is 93.9 Å². The minimum atomic E-state index is -0.489. The molecule has 1 aromatic heterocycles. The van der Waals surface area contributed by atoms with E-state index in [0.717, 1.165) is 19.3 Å². The maximum absolute atomic E-state index is 11.3. The van der Waals surface area contributed by atoms with Crippen LogP contribution >= 0.6 is 0 Å². The number of hydrogen-bond acceptors (Lipinski definition) is 5. The number of esters is 1. The van der Waals surface area contributed by atoms with Gasteiger partial charge in [-0.1, -0.05) is 0 Å². The molecule has 0 aliphatic carbocycles. The molecule has 0 fully saturated rings. The van der Waals surface area contributed by atoms with Gasteiger partial charge in [0.25, 0.3) is 5.82 Å². The number of carbonyl (C=O) groups is 1. The van der Waals surface area contributed by atoms with Gasteiger partial charge in [0.15, 0.2) is 0 Å². The fourth-order valence-corrected chi connectivity index (χ4v) is 1.29. The molecule has 90 valence electrons. The number of nitrogens with one attached hydrogen (secondary N) is 1. The zero-order valence-electron chi connectivity index (χ0n) is 9.69. The lowest BCUT2D eigenvalue weighted by Gasteiger charge is -2.01. The van der Waals surface area contributed by atoms with E-state index in [4.69, 9.17) is 10.5 Å². The molecule has 0 aromatic carbocycles. The Kier molecular flexibility index (Phi) is 4.91. The van der Waals surface area contributed by atoms with Gasteiger partial charge >= 0.3 is 5.97 Å². The fourth-order valence-electron chi connectivity index (χ4n) is 1.29. The Balaban J connectivity index is 2.42. The molecule has 3 N–H and O–H groups in total. The molecule has 1 heterocycles. The van der Waals surface area contributed by atoms with Crippen LogP contribution in [-0.2, 0) is 11.2 Å². The Bertz CT molecular complexity index is 335. The Morgan fingerprint density at radius 1 is 1.62 bits per heavy atom. The SMILES string of the molecule is CCOC(=O)c1n[nH]c(CCCC(C)N)n1. The molecule has 1 unspecified atom stereocenters. The summed E-state index contributed by atoms with van der Waals surface area (Å²) in [5, 5.41) is 6.51. The van der Waals surface area contributed by atoms with E-state index in [0.29, 0.717) is 12.4 Å². The Morgan fingerprint density at radius 3 is 3.00 bits per heavy atom. The number of nitrogens with two attached hydrogens (primary N) is 1. The van der Waals surface area contributed by atoms with E-state index in [1.54, 1.807) is 6.92 Å². The summed E-state index contributed by atoms with van der Waals surface area (Å²) in [7, 11) is 0. The number of aryl methyl sites for hydroxylation is 1. The molecular weight excluding hydrogens is 208 g/mol. The number of aromatic nitrogens is 3. The van der Waals surface area contributed by atoms with Crippen molar-refractivity contribution < 1.29 is 9.53 Å². The molecule has 6 nitrogen and oxygen atoms in total. The first-order valence-electron chi connectivity index (χ1n) is 5.47. The van der Waals surface area contributed by atoms with Crippen LogP contribution in [0.3, 0.4) is 0 Å². The van der Waals surface area contributed by atoms with Crippen LogP contribution in [0.1, 0.15) is 43.1 Å². The van der Waals surface area contributed by atoms with E-state index >= 15 is 0 Å². The summed E-state index contributed by atoms with van der Waals surface area (Å²) in [6.45, 7) is 4.03. The predicted octanol–water partition coefficient (Wildman–Crippen LogP) is 0.651. The van der Waals surface area contributed by atoms with Gasteiger partial charge in [0.1, 0.15) is 5.82 Å². The molecule has 16 heavy (non-hydrogen) atoms. The number of aromatic amines is 1. The van der Waals surface area contributed by atoms with Crippen molar-refractivity contribution in [3.05, 3.63) is 11.6 Å². The van der Waals surface area contributed by atoms with Gasteiger partial charge in [-0.3, -0.25) is 5.10 Å². The highest BCUT2D eigenvalue weighted by Gasteiger charge is 2.12. The lowest BCUT2D eigenvalue weighted by Crippen LogP contribution is -2.14. The van der Waals surface area contributed by atoms with Crippen molar-refractivity contribution in [3.63, 3.8) is 0 Å². The molecular formula is C10H18N4O2. The Hall–Kier alpha value is -1.43. The third kappa shape index (κ3) is 3.98. The van der Waals surface area contributed by atoms with Gasteiger partial charge in [-0.25, -0.2) is 9.78 Å². The van der Waals surface area contributed by atoms with Crippen LogP contribution in [-0.4, -0.2) is 33.8 Å². The first kappa shape index (κ1) is 12.6. The first-order valence-corrected chi connectivity index (χ1v) is 5.47. The third-order valence-corrected chi connectivity index (χ3v) is 2.06. The lowest BCUT2D eigenvalue weighted by atomic mass is 10.1. The summed E-state index contributed by atoms with van der Waals surface area (Å²) < 4.78 is 4.78. The highest BCUT2D eigenvalue weighted by Crippen LogP contribution is 2.02. The molecule has 0 saturated heterocycles. The second kappa shape index (κ2) is 6.22. The second-order valence-electron chi connectivity index (χ2n) is 3.70. The summed E-state index contributed by atoms with van der Waals surface area (Å²) >= 11 is 0. The van der Waals surface area contributed by atoms with Gasteiger partial charge in [-0.2, -0.15) is 0 Å². The van der Waals surface area contributed by atoms with Crippen molar-refractivity contribution >= 4 is 5.97 Å². The summed E-state index contributed by atoms with van der Waals surface area (Å²) in [5.41, 5.74) is 5.63. The Labute approximate surface area is 94.6 Å². The lowest BCUT2D eigenvalue weighted by molar-refractivity contribution is 0.0512. The van der Waals surface area contributed by atoms with E-state index in [1.807, 2.05) is 6.92 Å². The maximum atomic E-state index is 11.3. The monoisotopic (exact) mass is 226 g/mol. The van der Waals surface area contributed by atoms with Gasteiger partial charge in [0.05, 0.1) is 6.61 Å². The van der Waals surface area contributed by atoms with Crippen LogP contribution < -0.4 is 5.73 Å². The summed E-state index contributed by atoms with van der Waals surface area (Å²) in [5.74, 6) is 0.304. The van der Waals surface area contributed by atoms with Crippen LogP contribution in [0.25, 0.3) is 0 Å². The molecule has 0 aliphatic rings. The quantitative estimate of drug-likeness (QED) is 0.694. The van der Waals surface area contributed by atoms with Gasteiger partial charge in [0, 0.05) is 12.5 Å². The van der Waals surface area contributed by atoms with Gasteiger partial charge in [0.2, 0.25) is 0 Å². The van der Waals surface area contributed by atoms with Crippen molar-refractivity contribution in [2.45, 2.75) is 39.2 Å². The van der Waals surface area contributed by atoms with Gasteiger partial charge in [-0.15, -0.1) is 5.10 Å². The molecule has 0 saturated carbocycles. The summed E-state index contributed by atoms with van der Waals surface area (Å²) in [6, 6.07) is 0.187. The normalized spacial score (nSPS) is 12.4. The van der Waals surface area contributed by atoms with Crippen LogP contribution in [0.2, 0.25) is 0 Å². The number of nitrogens with zero attached hydrogens (tertiary/aromatic N) is 2. The van der Waals surface area contributed by atoms with Crippen LogP contribution in [0.15, 0.2) is 0 Å². The zero-order chi connectivity index (χ0) is 12.0. The minimum Gasteiger partial charge on any atom is -0.460 e. The van der Waals surface area contributed by atoms with Crippen molar-refractivity contribution in [2.75, 3.05) is 6.61 Å². The van der Waals surface area contributed by atoms with Crippen molar-refractivity contribution in [2.24, 2.45) is 5.73 Å². The van der Waals surface area contributed by atoms with E-state index in [2.05, 4.69) is 15.2 Å². The predicted molar refractivity (Wildman–Crippen MR) is 58.9 cm³/mol. The average Bonchev–Trinajstić information content (AvgIpc) is 2.66. The summed E-state index contributed by atoms with van der Waals surface area (Å²) in [4.78, 5) is 15.3. The average molecular weight is 226 g/mol. The number of H-pyrrole nitrogens is 1. The number of carbonyl (C=O) groups excluding carboxylic acids is 1. The summed E-state index contributed by atoms with van der Waals surface area (Å²) in [6.07, 6.45) is 2.60. The molecule has 0 radical (unpaired) electrons. The molecule has 0 bridgehead atoms. The molecule has 1 aromatic rings. The highest BCUT2D eigenvalue weighted by molar-refractivity contribution is 5.84. The maximum Gasteiger partial charge on any atom is 0.378 e.